The van der Waals surface area contributed by atoms with Crippen LogP contribution in [0.3, 0.4) is 0 Å². The molecule has 0 aliphatic carbocycles. The van der Waals surface area contributed by atoms with Crippen molar-refractivity contribution in [1.82, 2.24) is 10.0 Å². The third kappa shape index (κ3) is 6.50. The van der Waals surface area contributed by atoms with Crippen LogP contribution in [0.5, 0.6) is 11.5 Å². The van der Waals surface area contributed by atoms with Crippen molar-refractivity contribution in [3.8, 4) is 11.5 Å². The molecule has 28 heavy (non-hydrogen) atoms. The third-order valence-corrected chi connectivity index (χ3v) is 5.79. The number of benzene rings is 2. The van der Waals surface area contributed by atoms with Gasteiger partial charge < -0.3 is 14.8 Å². The Hall–Kier alpha value is -2.10. The summed E-state index contributed by atoms with van der Waals surface area (Å²) in [5.74, 6) is 0.977. The van der Waals surface area contributed by atoms with Crippen LogP contribution in [0.1, 0.15) is 18.9 Å². The van der Waals surface area contributed by atoms with E-state index in [2.05, 4.69) is 26.0 Å². The molecule has 0 saturated carbocycles. The summed E-state index contributed by atoms with van der Waals surface area (Å²) in [5, 5.41) is 2.76. The number of nitrogens with one attached hydrogen (secondary N) is 2. The van der Waals surface area contributed by atoms with Crippen molar-refractivity contribution >= 4 is 31.9 Å². The fourth-order valence-electron chi connectivity index (χ4n) is 2.38. The first-order valence-electron chi connectivity index (χ1n) is 8.67. The summed E-state index contributed by atoms with van der Waals surface area (Å²) in [5.41, 5.74) is 0.851. The molecule has 0 aliphatic rings. The summed E-state index contributed by atoms with van der Waals surface area (Å²) in [6.07, 6.45) is 0.0317. The number of hydrogen-bond acceptors (Lipinski definition) is 5. The summed E-state index contributed by atoms with van der Waals surface area (Å²) in [4.78, 5) is 12.1. The van der Waals surface area contributed by atoms with E-state index in [-0.39, 0.29) is 23.8 Å². The van der Waals surface area contributed by atoms with Gasteiger partial charge in [0.05, 0.1) is 18.6 Å². The Morgan fingerprint density at radius 2 is 1.82 bits per heavy atom. The van der Waals surface area contributed by atoms with E-state index >= 15 is 0 Å². The van der Waals surface area contributed by atoms with Crippen LogP contribution in [0, 0.1) is 0 Å². The monoisotopic (exact) mass is 470 g/mol. The molecule has 152 valence electrons. The van der Waals surface area contributed by atoms with E-state index < -0.39 is 10.0 Å². The molecule has 0 atom stereocenters. The third-order valence-electron chi connectivity index (χ3n) is 3.79. The number of sulfonamides is 1. The minimum absolute atomic E-state index is 0.0107. The molecule has 2 rings (SSSR count). The largest absolute Gasteiger partial charge is 0.493 e. The van der Waals surface area contributed by atoms with Gasteiger partial charge in [0.1, 0.15) is 0 Å². The molecule has 0 spiro atoms. The highest BCUT2D eigenvalue weighted by Crippen LogP contribution is 2.27. The van der Waals surface area contributed by atoms with Gasteiger partial charge in [0.2, 0.25) is 15.9 Å². The highest BCUT2D eigenvalue weighted by Gasteiger charge is 2.14. The highest BCUT2D eigenvalue weighted by atomic mass is 79.9. The predicted molar refractivity (Wildman–Crippen MR) is 110 cm³/mol. The molecule has 0 heterocycles. The molecule has 0 fully saturated rings. The van der Waals surface area contributed by atoms with Crippen molar-refractivity contribution < 1.29 is 22.7 Å². The van der Waals surface area contributed by atoms with E-state index in [4.69, 9.17) is 9.47 Å². The molecule has 0 saturated heterocycles. The number of halogens is 1. The SMILES string of the molecule is CCOc1ccc(CNC(=O)CCNS(=O)(=O)c2ccc(Br)cc2)cc1OC. The molecule has 2 aromatic carbocycles. The number of carbonyl (C=O) groups excluding carboxylic acids is 1. The fraction of sp³-hybridized carbons (Fsp3) is 0.316. The first kappa shape index (κ1) is 22.2. The van der Waals surface area contributed by atoms with Crippen molar-refractivity contribution in [1.29, 1.82) is 0 Å². The molecule has 2 N–H and O–H groups in total. The van der Waals surface area contributed by atoms with Gasteiger partial charge in [-0.15, -0.1) is 0 Å². The fourth-order valence-corrected chi connectivity index (χ4v) is 3.68. The van der Waals surface area contributed by atoms with E-state index in [0.29, 0.717) is 24.7 Å². The lowest BCUT2D eigenvalue weighted by molar-refractivity contribution is -0.121. The second-order valence-corrected chi connectivity index (χ2v) is 8.48. The minimum Gasteiger partial charge on any atom is -0.493 e. The van der Waals surface area contributed by atoms with E-state index in [0.717, 1.165) is 10.0 Å². The number of carbonyl (C=O) groups is 1. The average Bonchev–Trinajstić information content (AvgIpc) is 2.67. The zero-order valence-corrected chi connectivity index (χ0v) is 18.1. The van der Waals surface area contributed by atoms with Gasteiger partial charge in [-0.3, -0.25) is 4.79 Å². The van der Waals surface area contributed by atoms with E-state index in [1.54, 1.807) is 31.4 Å². The van der Waals surface area contributed by atoms with Gasteiger partial charge in [0.15, 0.2) is 11.5 Å². The zero-order valence-electron chi connectivity index (χ0n) is 15.7. The Balaban J connectivity index is 1.82. The Morgan fingerprint density at radius 3 is 2.46 bits per heavy atom. The van der Waals surface area contributed by atoms with E-state index in [1.807, 2.05) is 13.0 Å². The van der Waals surface area contributed by atoms with Crippen LogP contribution in [0.25, 0.3) is 0 Å². The first-order chi connectivity index (χ1) is 13.4. The second kappa shape index (κ2) is 10.4. The predicted octanol–water partition coefficient (Wildman–Crippen LogP) is 2.84. The molecule has 2 aromatic rings. The molecule has 0 radical (unpaired) electrons. The molecule has 0 unspecified atom stereocenters. The average molecular weight is 471 g/mol. The van der Waals surface area contributed by atoms with Crippen LogP contribution in [-0.4, -0.2) is 34.6 Å². The lowest BCUT2D eigenvalue weighted by Gasteiger charge is -2.12. The molecular formula is C19H23BrN2O5S. The van der Waals surface area contributed by atoms with Crippen LogP contribution in [0.2, 0.25) is 0 Å². The molecule has 9 heteroatoms. The van der Waals surface area contributed by atoms with Gasteiger partial charge in [-0.2, -0.15) is 0 Å². The van der Waals surface area contributed by atoms with Gasteiger partial charge in [0.25, 0.3) is 0 Å². The summed E-state index contributed by atoms with van der Waals surface area (Å²) < 4.78 is 38.3. The van der Waals surface area contributed by atoms with Gasteiger partial charge in [0, 0.05) is 24.0 Å². The molecule has 0 aliphatic heterocycles. The molecule has 0 bridgehead atoms. The number of ether oxygens (including phenoxy) is 2. The highest BCUT2D eigenvalue weighted by molar-refractivity contribution is 9.10. The Bertz CT molecular complexity index is 901. The smallest absolute Gasteiger partial charge is 0.240 e. The van der Waals surface area contributed by atoms with E-state index in [9.17, 15) is 13.2 Å². The van der Waals surface area contributed by atoms with Crippen LogP contribution < -0.4 is 19.5 Å². The minimum atomic E-state index is -3.64. The van der Waals surface area contributed by atoms with Crippen molar-refractivity contribution in [2.75, 3.05) is 20.3 Å². The quantitative estimate of drug-likeness (QED) is 0.556. The van der Waals surface area contributed by atoms with Crippen LogP contribution >= 0.6 is 15.9 Å². The number of rotatable bonds is 10. The number of methoxy groups -OCH3 is 1. The maximum Gasteiger partial charge on any atom is 0.240 e. The molecule has 0 aromatic heterocycles. The number of hydrogen-bond donors (Lipinski definition) is 2. The molecular weight excluding hydrogens is 448 g/mol. The zero-order chi connectivity index (χ0) is 20.6. The maximum atomic E-state index is 12.2. The Labute approximate surface area is 173 Å². The normalized spacial score (nSPS) is 11.1. The van der Waals surface area contributed by atoms with Crippen molar-refractivity contribution in [2.45, 2.75) is 24.8 Å². The standard InChI is InChI=1S/C19H23BrN2O5S/c1-3-27-17-9-4-14(12-18(17)26-2)13-21-19(23)10-11-22-28(24,25)16-7-5-15(20)6-8-16/h4-9,12,22H,3,10-11,13H2,1-2H3,(H,21,23). The van der Waals surface area contributed by atoms with Crippen LogP contribution in [0.4, 0.5) is 0 Å². The number of amides is 1. The van der Waals surface area contributed by atoms with Crippen molar-refractivity contribution in [3.63, 3.8) is 0 Å². The van der Waals surface area contributed by atoms with Gasteiger partial charge >= 0.3 is 0 Å². The lowest BCUT2D eigenvalue weighted by atomic mass is 10.2. The van der Waals surface area contributed by atoms with Crippen molar-refractivity contribution in [2.24, 2.45) is 0 Å². The van der Waals surface area contributed by atoms with Crippen LogP contribution in [-0.2, 0) is 21.4 Å². The van der Waals surface area contributed by atoms with E-state index in [1.165, 1.54) is 12.1 Å². The van der Waals surface area contributed by atoms with Gasteiger partial charge in [-0.05, 0) is 48.9 Å². The molecule has 7 nitrogen and oxygen atoms in total. The summed E-state index contributed by atoms with van der Waals surface area (Å²) in [6, 6.07) is 11.7. The topological polar surface area (TPSA) is 93.7 Å². The van der Waals surface area contributed by atoms with Crippen LogP contribution in [0.15, 0.2) is 51.8 Å². The van der Waals surface area contributed by atoms with Gasteiger partial charge in [-0.25, -0.2) is 13.1 Å². The Morgan fingerprint density at radius 1 is 1.11 bits per heavy atom. The Kier molecular flexibility index (Phi) is 8.28. The summed E-state index contributed by atoms with van der Waals surface area (Å²) in [7, 11) is -2.09. The lowest BCUT2D eigenvalue weighted by Crippen LogP contribution is -2.30. The van der Waals surface area contributed by atoms with Crippen molar-refractivity contribution in [3.05, 3.63) is 52.5 Å². The first-order valence-corrected chi connectivity index (χ1v) is 10.9. The maximum absolute atomic E-state index is 12.2. The summed E-state index contributed by atoms with van der Waals surface area (Å²) >= 11 is 3.26. The molecule has 1 amide bonds. The second-order valence-electron chi connectivity index (χ2n) is 5.80. The van der Waals surface area contributed by atoms with Gasteiger partial charge in [-0.1, -0.05) is 22.0 Å². The summed E-state index contributed by atoms with van der Waals surface area (Å²) in [6.45, 7) is 2.74.